The number of benzene rings is 4. The van der Waals surface area contributed by atoms with Crippen LogP contribution < -0.4 is 10.6 Å². The van der Waals surface area contributed by atoms with Crippen LogP contribution in [0.5, 0.6) is 0 Å². The summed E-state index contributed by atoms with van der Waals surface area (Å²) in [6.45, 7) is 8.75. The molecule has 2 aliphatic heterocycles. The molecule has 2 fully saturated rings. The van der Waals surface area contributed by atoms with E-state index in [1.54, 1.807) is 0 Å². The minimum Gasteiger partial charge on any atom is -0.335 e. The molecular formula is C38H45N5O. The summed E-state index contributed by atoms with van der Waals surface area (Å²) >= 11 is 0. The molecule has 0 bridgehead atoms. The van der Waals surface area contributed by atoms with Crippen molar-refractivity contribution in [2.24, 2.45) is 0 Å². The molecule has 0 radical (unpaired) electrons. The SMILES string of the molecule is O=C(Nc1ccccc1-c1ccccc1)NC1CCN(CCCN2CCN(C(c3ccccc3)c3ccccc3)CC2)CC1. The van der Waals surface area contributed by atoms with E-state index in [0.717, 1.165) is 82.0 Å². The lowest BCUT2D eigenvalue weighted by Crippen LogP contribution is -2.49. The minimum absolute atomic E-state index is 0.118. The van der Waals surface area contributed by atoms with Crippen molar-refractivity contribution in [2.75, 3.05) is 57.7 Å². The summed E-state index contributed by atoms with van der Waals surface area (Å²) in [5, 5.41) is 6.32. The Kier molecular flexibility index (Phi) is 10.4. The van der Waals surface area contributed by atoms with Crippen molar-refractivity contribution in [1.29, 1.82) is 0 Å². The molecule has 228 valence electrons. The van der Waals surface area contributed by atoms with Gasteiger partial charge in [0.15, 0.2) is 0 Å². The molecule has 6 heteroatoms. The van der Waals surface area contributed by atoms with E-state index in [4.69, 9.17) is 0 Å². The first-order valence-electron chi connectivity index (χ1n) is 16.2. The number of hydrogen-bond donors (Lipinski definition) is 2. The Bertz CT molecular complexity index is 1390. The van der Waals surface area contributed by atoms with Crippen molar-refractivity contribution in [3.05, 3.63) is 126 Å². The highest BCUT2D eigenvalue weighted by atomic mass is 16.2. The molecule has 2 heterocycles. The summed E-state index contributed by atoms with van der Waals surface area (Å²) in [5.74, 6) is 0. The van der Waals surface area contributed by atoms with Gasteiger partial charge in [-0.1, -0.05) is 109 Å². The van der Waals surface area contributed by atoms with Gasteiger partial charge in [0.25, 0.3) is 0 Å². The van der Waals surface area contributed by atoms with Gasteiger partial charge < -0.3 is 20.4 Å². The third kappa shape index (κ3) is 7.94. The second-order valence-corrected chi connectivity index (χ2v) is 12.1. The third-order valence-electron chi connectivity index (χ3n) is 9.13. The second-order valence-electron chi connectivity index (χ2n) is 12.1. The Labute approximate surface area is 262 Å². The maximum atomic E-state index is 12.9. The zero-order valence-corrected chi connectivity index (χ0v) is 25.7. The molecule has 2 aliphatic rings. The van der Waals surface area contributed by atoms with Gasteiger partial charge in [0, 0.05) is 50.9 Å². The molecule has 4 aromatic rings. The van der Waals surface area contributed by atoms with Crippen LogP contribution in [0, 0.1) is 0 Å². The zero-order chi connectivity index (χ0) is 30.0. The molecule has 0 saturated carbocycles. The standard InChI is InChI=1S/C38H45N5O/c44-38(40-36-20-11-10-19-35(36)31-13-4-1-5-14-31)39-34-21-25-41(26-22-34)23-12-24-42-27-29-43(30-28-42)37(32-15-6-2-7-16-32)33-17-8-3-9-18-33/h1-11,13-20,34,37H,12,21-30H2,(H2,39,40,44). The van der Waals surface area contributed by atoms with E-state index in [9.17, 15) is 4.79 Å². The van der Waals surface area contributed by atoms with Crippen LogP contribution in [-0.2, 0) is 0 Å². The molecule has 4 aromatic carbocycles. The fraction of sp³-hybridized carbons (Fsp3) is 0.342. The molecular weight excluding hydrogens is 542 g/mol. The topological polar surface area (TPSA) is 50.9 Å². The number of carbonyl (C=O) groups is 1. The first-order chi connectivity index (χ1) is 21.7. The summed E-state index contributed by atoms with van der Waals surface area (Å²) in [7, 11) is 0. The van der Waals surface area contributed by atoms with Crippen molar-refractivity contribution >= 4 is 11.7 Å². The first kappa shape index (κ1) is 30.1. The largest absolute Gasteiger partial charge is 0.335 e. The fourth-order valence-corrected chi connectivity index (χ4v) is 6.75. The number of amides is 2. The average molecular weight is 588 g/mol. The predicted molar refractivity (Wildman–Crippen MR) is 181 cm³/mol. The van der Waals surface area contributed by atoms with Gasteiger partial charge in [0.2, 0.25) is 0 Å². The van der Waals surface area contributed by atoms with Crippen LogP contribution in [0.1, 0.15) is 36.4 Å². The van der Waals surface area contributed by atoms with Gasteiger partial charge >= 0.3 is 6.03 Å². The summed E-state index contributed by atoms with van der Waals surface area (Å²) in [6.07, 6.45) is 3.18. The lowest BCUT2D eigenvalue weighted by atomic mass is 9.96. The van der Waals surface area contributed by atoms with Crippen LogP contribution in [0.4, 0.5) is 10.5 Å². The van der Waals surface area contributed by atoms with Crippen molar-refractivity contribution in [1.82, 2.24) is 20.0 Å². The first-order valence-corrected chi connectivity index (χ1v) is 16.2. The Morgan fingerprint density at radius 2 is 1.16 bits per heavy atom. The smallest absolute Gasteiger partial charge is 0.319 e. The molecule has 2 saturated heterocycles. The average Bonchev–Trinajstić information content (AvgIpc) is 3.08. The molecule has 0 unspecified atom stereocenters. The lowest BCUT2D eigenvalue weighted by Gasteiger charge is -2.40. The number of hydrogen-bond acceptors (Lipinski definition) is 4. The molecule has 6 nitrogen and oxygen atoms in total. The number of carbonyl (C=O) groups excluding carboxylic acids is 1. The number of piperidine rings is 1. The summed E-state index contributed by atoms with van der Waals surface area (Å²) in [6, 6.07) is 40.5. The molecule has 44 heavy (non-hydrogen) atoms. The van der Waals surface area contributed by atoms with Gasteiger partial charge in [-0.2, -0.15) is 0 Å². The van der Waals surface area contributed by atoms with E-state index < -0.39 is 0 Å². The van der Waals surface area contributed by atoms with Gasteiger partial charge in [0.1, 0.15) is 0 Å². The van der Waals surface area contributed by atoms with E-state index in [0.29, 0.717) is 6.04 Å². The highest BCUT2D eigenvalue weighted by Gasteiger charge is 2.26. The Morgan fingerprint density at radius 3 is 1.77 bits per heavy atom. The number of anilines is 1. The van der Waals surface area contributed by atoms with Gasteiger partial charge in [-0.25, -0.2) is 4.79 Å². The van der Waals surface area contributed by atoms with E-state index >= 15 is 0 Å². The van der Waals surface area contributed by atoms with E-state index in [2.05, 4.69) is 104 Å². The highest BCUT2D eigenvalue weighted by molar-refractivity contribution is 5.94. The number of likely N-dealkylation sites (tertiary alicyclic amines) is 1. The minimum atomic E-state index is -0.118. The Morgan fingerprint density at radius 1 is 0.636 bits per heavy atom. The van der Waals surface area contributed by atoms with Gasteiger partial charge in [-0.05, 0) is 55.1 Å². The molecule has 0 aliphatic carbocycles. The van der Waals surface area contributed by atoms with E-state index in [1.165, 1.54) is 17.5 Å². The normalized spacial score (nSPS) is 17.0. The van der Waals surface area contributed by atoms with Gasteiger partial charge in [-0.15, -0.1) is 0 Å². The van der Waals surface area contributed by atoms with Crippen molar-refractivity contribution in [3.63, 3.8) is 0 Å². The molecule has 0 spiro atoms. The number of piperazine rings is 1. The maximum absolute atomic E-state index is 12.9. The number of rotatable bonds is 10. The number of nitrogens with one attached hydrogen (secondary N) is 2. The van der Waals surface area contributed by atoms with Crippen LogP contribution in [0.25, 0.3) is 11.1 Å². The lowest BCUT2D eigenvalue weighted by molar-refractivity contribution is 0.103. The molecule has 0 aromatic heterocycles. The Balaban J connectivity index is 0.907. The van der Waals surface area contributed by atoms with Crippen LogP contribution >= 0.6 is 0 Å². The molecule has 6 rings (SSSR count). The number of nitrogens with zero attached hydrogens (tertiary/aromatic N) is 3. The monoisotopic (exact) mass is 587 g/mol. The molecule has 2 amide bonds. The third-order valence-corrected chi connectivity index (χ3v) is 9.13. The zero-order valence-electron chi connectivity index (χ0n) is 25.7. The van der Waals surface area contributed by atoms with Crippen molar-refractivity contribution < 1.29 is 4.79 Å². The van der Waals surface area contributed by atoms with Crippen LogP contribution in [0.15, 0.2) is 115 Å². The predicted octanol–water partition coefficient (Wildman–Crippen LogP) is 6.74. The number of para-hydroxylation sites is 1. The fourth-order valence-electron chi connectivity index (χ4n) is 6.75. The molecule has 0 atom stereocenters. The van der Waals surface area contributed by atoms with E-state index in [1.807, 2.05) is 36.4 Å². The summed E-state index contributed by atoms with van der Waals surface area (Å²) in [4.78, 5) is 20.7. The molecule has 2 N–H and O–H groups in total. The van der Waals surface area contributed by atoms with Crippen LogP contribution in [0.2, 0.25) is 0 Å². The van der Waals surface area contributed by atoms with Gasteiger partial charge in [-0.3, -0.25) is 4.90 Å². The summed E-state index contributed by atoms with van der Waals surface area (Å²) < 4.78 is 0. The highest BCUT2D eigenvalue weighted by Crippen LogP contribution is 2.30. The van der Waals surface area contributed by atoms with Crippen molar-refractivity contribution in [3.8, 4) is 11.1 Å². The van der Waals surface area contributed by atoms with Crippen LogP contribution in [-0.4, -0.2) is 79.1 Å². The maximum Gasteiger partial charge on any atom is 0.319 e. The van der Waals surface area contributed by atoms with Gasteiger partial charge in [0.05, 0.1) is 11.7 Å². The second kappa shape index (κ2) is 15.2. The quantitative estimate of drug-likeness (QED) is 0.216. The Hall–Kier alpha value is -3.97. The van der Waals surface area contributed by atoms with E-state index in [-0.39, 0.29) is 12.1 Å². The summed E-state index contributed by atoms with van der Waals surface area (Å²) in [5.41, 5.74) is 5.72. The van der Waals surface area contributed by atoms with Crippen molar-refractivity contribution in [2.45, 2.75) is 31.3 Å². The number of urea groups is 1. The van der Waals surface area contributed by atoms with Crippen LogP contribution in [0.3, 0.4) is 0 Å².